The van der Waals surface area contributed by atoms with Crippen LogP contribution in [-0.4, -0.2) is 11.0 Å². The zero-order valence-corrected chi connectivity index (χ0v) is 10.2. The molecular formula is C14H14N2O3. The molecule has 0 aliphatic heterocycles. The average Bonchev–Trinajstić information content (AvgIpc) is 2.37. The smallest absolute Gasteiger partial charge is 0.252 e. The van der Waals surface area contributed by atoms with Gasteiger partial charge in [0.1, 0.15) is 12.4 Å². The predicted octanol–water partition coefficient (Wildman–Crippen LogP) is 1.65. The average molecular weight is 258 g/mol. The van der Waals surface area contributed by atoms with Crippen LogP contribution < -0.4 is 16.2 Å². The third-order valence-electron chi connectivity index (χ3n) is 2.60. The van der Waals surface area contributed by atoms with Crippen LogP contribution in [0.15, 0.2) is 42.5 Å². The molecule has 0 saturated heterocycles. The Morgan fingerprint density at radius 1 is 1.21 bits per heavy atom. The molecule has 2 rings (SSSR count). The molecule has 5 nitrogen and oxygen atoms in total. The quantitative estimate of drug-likeness (QED) is 0.726. The molecule has 0 saturated carbocycles. The lowest BCUT2D eigenvalue weighted by Crippen LogP contribution is -2.14. The number of carbonyl (C=O) groups is 1. The molecular weight excluding hydrogens is 244 g/mol. The lowest BCUT2D eigenvalue weighted by molar-refractivity contribution is 0.0996. The van der Waals surface area contributed by atoms with Crippen LogP contribution in [0.4, 0.5) is 5.69 Å². The number of ether oxygens (including phenoxy) is 1. The van der Waals surface area contributed by atoms with E-state index in [1.165, 1.54) is 0 Å². The zero-order valence-electron chi connectivity index (χ0n) is 10.2. The van der Waals surface area contributed by atoms with Gasteiger partial charge in [-0.25, -0.2) is 0 Å². The summed E-state index contributed by atoms with van der Waals surface area (Å²) < 4.78 is 5.53. The fraction of sp³-hybridized carbons (Fsp3) is 0.0714. The Balaban J connectivity index is 2.22. The van der Waals surface area contributed by atoms with Crippen LogP contribution in [0.25, 0.3) is 0 Å². The van der Waals surface area contributed by atoms with E-state index in [1.54, 1.807) is 42.5 Å². The highest BCUT2D eigenvalue weighted by molar-refractivity contribution is 5.97. The summed E-state index contributed by atoms with van der Waals surface area (Å²) in [6, 6.07) is 11.5. The molecule has 0 heterocycles. The van der Waals surface area contributed by atoms with Crippen LogP contribution in [0, 0.1) is 0 Å². The van der Waals surface area contributed by atoms with E-state index in [-0.39, 0.29) is 23.7 Å². The maximum atomic E-state index is 11.3. The molecule has 0 bridgehead atoms. The van der Waals surface area contributed by atoms with Crippen molar-refractivity contribution in [2.24, 2.45) is 5.73 Å². The van der Waals surface area contributed by atoms with Gasteiger partial charge in [-0.05, 0) is 29.8 Å². The number of para-hydroxylation sites is 1. The van der Waals surface area contributed by atoms with Crippen molar-refractivity contribution < 1.29 is 14.6 Å². The van der Waals surface area contributed by atoms with Gasteiger partial charge in [-0.15, -0.1) is 0 Å². The Labute approximate surface area is 110 Å². The van der Waals surface area contributed by atoms with E-state index in [4.69, 9.17) is 16.2 Å². The molecule has 0 unspecified atom stereocenters. The number of phenols is 1. The normalized spacial score (nSPS) is 10.1. The fourth-order valence-electron chi connectivity index (χ4n) is 1.71. The van der Waals surface area contributed by atoms with E-state index in [0.717, 1.165) is 5.56 Å². The number of hydrogen-bond acceptors (Lipinski definition) is 4. The molecule has 2 aromatic rings. The lowest BCUT2D eigenvalue weighted by atomic mass is 10.1. The number of anilines is 1. The molecule has 0 atom stereocenters. The number of rotatable bonds is 4. The van der Waals surface area contributed by atoms with Crippen LogP contribution in [0.5, 0.6) is 11.5 Å². The first kappa shape index (κ1) is 12.8. The minimum atomic E-state index is -0.599. The van der Waals surface area contributed by atoms with Gasteiger partial charge in [0, 0.05) is 0 Å². The number of primary amides is 1. The van der Waals surface area contributed by atoms with Gasteiger partial charge in [-0.1, -0.05) is 18.2 Å². The number of hydrogen-bond donors (Lipinski definition) is 3. The maximum absolute atomic E-state index is 11.3. The Hall–Kier alpha value is -2.69. The first-order chi connectivity index (χ1) is 9.08. The number of nitrogens with two attached hydrogens (primary N) is 2. The molecule has 0 fully saturated rings. The summed E-state index contributed by atoms with van der Waals surface area (Å²) in [5, 5.41) is 9.35. The molecule has 98 valence electrons. The number of nitrogen functional groups attached to an aromatic ring is 1. The van der Waals surface area contributed by atoms with E-state index in [2.05, 4.69) is 0 Å². The van der Waals surface area contributed by atoms with Crippen LogP contribution >= 0.6 is 0 Å². The number of aromatic hydroxyl groups is 1. The first-order valence-corrected chi connectivity index (χ1v) is 5.67. The Morgan fingerprint density at radius 2 is 1.95 bits per heavy atom. The van der Waals surface area contributed by atoms with Crippen LogP contribution in [0.3, 0.4) is 0 Å². The minimum Gasteiger partial charge on any atom is -0.508 e. The van der Waals surface area contributed by atoms with Crippen molar-refractivity contribution in [3.63, 3.8) is 0 Å². The van der Waals surface area contributed by atoms with Crippen LogP contribution in [-0.2, 0) is 6.61 Å². The molecule has 0 aromatic heterocycles. The third kappa shape index (κ3) is 2.95. The van der Waals surface area contributed by atoms with Crippen molar-refractivity contribution in [3.8, 4) is 11.5 Å². The van der Waals surface area contributed by atoms with Crippen molar-refractivity contribution in [1.82, 2.24) is 0 Å². The summed E-state index contributed by atoms with van der Waals surface area (Å²) >= 11 is 0. The van der Waals surface area contributed by atoms with E-state index in [0.29, 0.717) is 5.69 Å². The molecule has 2 aromatic carbocycles. The fourth-order valence-corrected chi connectivity index (χ4v) is 1.71. The number of amides is 1. The predicted molar refractivity (Wildman–Crippen MR) is 71.8 cm³/mol. The second-order valence-electron chi connectivity index (χ2n) is 4.05. The van der Waals surface area contributed by atoms with Gasteiger partial charge in [0.15, 0.2) is 5.75 Å². The van der Waals surface area contributed by atoms with Crippen LogP contribution in [0.1, 0.15) is 15.9 Å². The summed E-state index contributed by atoms with van der Waals surface area (Å²) in [6.45, 7) is 0.183. The Bertz CT molecular complexity index is 611. The highest BCUT2D eigenvalue weighted by Crippen LogP contribution is 2.27. The van der Waals surface area contributed by atoms with Crippen molar-refractivity contribution in [1.29, 1.82) is 0 Å². The number of phenolic OH excluding ortho intramolecular Hbond substituents is 1. The first-order valence-electron chi connectivity index (χ1n) is 5.67. The minimum absolute atomic E-state index is 0.150. The summed E-state index contributed by atoms with van der Waals surface area (Å²) in [6.07, 6.45) is 0. The van der Waals surface area contributed by atoms with Crippen molar-refractivity contribution in [2.45, 2.75) is 6.61 Å². The second-order valence-corrected chi connectivity index (χ2v) is 4.05. The topological polar surface area (TPSA) is 98.6 Å². The molecule has 5 N–H and O–H groups in total. The van der Waals surface area contributed by atoms with Crippen molar-refractivity contribution in [3.05, 3.63) is 53.6 Å². The molecule has 1 amide bonds. The summed E-state index contributed by atoms with van der Waals surface area (Å²) in [5.74, 6) is -0.186. The Morgan fingerprint density at radius 3 is 2.63 bits per heavy atom. The summed E-state index contributed by atoms with van der Waals surface area (Å²) in [7, 11) is 0. The van der Waals surface area contributed by atoms with Gasteiger partial charge >= 0.3 is 0 Å². The largest absolute Gasteiger partial charge is 0.508 e. The van der Waals surface area contributed by atoms with Gasteiger partial charge in [-0.3, -0.25) is 4.79 Å². The second kappa shape index (κ2) is 5.30. The molecule has 0 radical (unpaired) electrons. The van der Waals surface area contributed by atoms with Crippen molar-refractivity contribution in [2.75, 3.05) is 5.73 Å². The van der Waals surface area contributed by atoms with Gasteiger partial charge in [0.25, 0.3) is 5.91 Å². The molecule has 19 heavy (non-hydrogen) atoms. The number of carbonyl (C=O) groups excluding carboxylic acids is 1. The van der Waals surface area contributed by atoms with E-state index >= 15 is 0 Å². The molecule has 5 heteroatoms. The lowest BCUT2D eigenvalue weighted by Gasteiger charge is -2.12. The standard InChI is InChI=1S/C14H14N2O3/c15-12-6-2-5-11(14(16)18)13(12)19-8-9-3-1-4-10(17)7-9/h1-7,17H,8,15H2,(H2,16,18). The van der Waals surface area contributed by atoms with E-state index < -0.39 is 5.91 Å². The van der Waals surface area contributed by atoms with Gasteiger partial charge in [-0.2, -0.15) is 0 Å². The highest BCUT2D eigenvalue weighted by atomic mass is 16.5. The van der Waals surface area contributed by atoms with Gasteiger partial charge < -0.3 is 21.3 Å². The third-order valence-corrected chi connectivity index (χ3v) is 2.60. The van der Waals surface area contributed by atoms with Gasteiger partial charge in [0.05, 0.1) is 11.3 Å². The van der Waals surface area contributed by atoms with Crippen molar-refractivity contribution >= 4 is 11.6 Å². The van der Waals surface area contributed by atoms with Crippen LogP contribution in [0.2, 0.25) is 0 Å². The highest BCUT2D eigenvalue weighted by Gasteiger charge is 2.12. The van der Waals surface area contributed by atoms with E-state index in [9.17, 15) is 9.90 Å². The van der Waals surface area contributed by atoms with E-state index in [1.807, 2.05) is 0 Å². The number of benzene rings is 2. The van der Waals surface area contributed by atoms with Gasteiger partial charge in [0.2, 0.25) is 0 Å². The SMILES string of the molecule is NC(=O)c1cccc(N)c1OCc1cccc(O)c1. The monoisotopic (exact) mass is 258 g/mol. The molecule has 0 spiro atoms. The molecule has 0 aliphatic carbocycles. The molecule has 0 aliphatic rings. The summed E-state index contributed by atoms with van der Waals surface area (Å²) in [4.78, 5) is 11.3. The summed E-state index contributed by atoms with van der Waals surface area (Å²) in [5.41, 5.74) is 12.4. The zero-order chi connectivity index (χ0) is 13.8. The Kier molecular flexibility index (Phi) is 3.56. The maximum Gasteiger partial charge on any atom is 0.252 e.